The summed E-state index contributed by atoms with van der Waals surface area (Å²) in [7, 11) is 1.66. The van der Waals surface area contributed by atoms with Crippen molar-refractivity contribution in [2.45, 2.75) is 38.6 Å². The lowest BCUT2D eigenvalue weighted by atomic mass is 9.87. The number of carbonyl (C=O) groups excluding carboxylic acids is 1. The van der Waals surface area contributed by atoms with Crippen molar-refractivity contribution in [3.63, 3.8) is 0 Å². The lowest BCUT2D eigenvalue weighted by molar-refractivity contribution is -0.123. The maximum absolute atomic E-state index is 11.9. The van der Waals surface area contributed by atoms with E-state index in [2.05, 4.69) is 15.4 Å². The molecule has 6 nitrogen and oxygen atoms in total. The second-order valence-corrected chi connectivity index (χ2v) is 3.66. The fourth-order valence-corrected chi connectivity index (χ4v) is 1.36. The van der Waals surface area contributed by atoms with Gasteiger partial charge in [0, 0.05) is 0 Å². The molecule has 2 N–H and O–H groups in total. The van der Waals surface area contributed by atoms with Gasteiger partial charge >= 0.3 is 0 Å². The molecule has 1 aromatic rings. The highest BCUT2D eigenvalue weighted by molar-refractivity contribution is 5.89. The van der Waals surface area contributed by atoms with E-state index in [1.807, 2.05) is 13.8 Å². The fourth-order valence-electron chi connectivity index (χ4n) is 1.36. The van der Waals surface area contributed by atoms with Crippen molar-refractivity contribution in [3.05, 3.63) is 5.82 Å². The number of aromatic nitrogens is 4. The van der Waals surface area contributed by atoms with Crippen LogP contribution in [0.15, 0.2) is 0 Å². The number of ketones is 1. The minimum absolute atomic E-state index is 0.0273. The predicted molar refractivity (Wildman–Crippen MR) is 55.0 cm³/mol. The van der Waals surface area contributed by atoms with Crippen LogP contribution in [0.4, 0.5) is 0 Å². The van der Waals surface area contributed by atoms with Crippen molar-refractivity contribution in [1.82, 2.24) is 20.2 Å². The van der Waals surface area contributed by atoms with Gasteiger partial charge in [0.15, 0.2) is 11.6 Å². The molecular weight excluding hydrogens is 194 g/mol. The topological polar surface area (TPSA) is 86.7 Å². The van der Waals surface area contributed by atoms with Gasteiger partial charge in [-0.15, -0.1) is 10.2 Å². The number of aryl methyl sites for hydroxylation is 1. The summed E-state index contributed by atoms with van der Waals surface area (Å²) < 4.78 is 0. The molecule has 0 atom stereocenters. The Morgan fingerprint density at radius 3 is 2.47 bits per heavy atom. The third kappa shape index (κ3) is 2.59. The van der Waals surface area contributed by atoms with E-state index >= 15 is 0 Å². The Labute approximate surface area is 88.8 Å². The summed E-state index contributed by atoms with van der Waals surface area (Å²) in [5, 5.41) is 11.4. The Bertz CT molecular complexity index is 342. The molecule has 0 aliphatic carbocycles. The quantitative estimate of drug-likeness (QED) is 0.731. The Balaban J connectivity index is 2.70. The first-order valence-electron chi connectivity index (χ1n) is 5.07. The van der Waals surface area contributed by atoms with Crippen LogP contribution in [-0.4, -0.2) is 31.5 Å². The molecule has 15 heavy (non-hydrogen) atoms. The molecule has 0 bridgehead atoms. The lowest BCUT2D eigenvalue weighted by Gasteiger charge is -2.23. The van der Waals surface area contributed by atoms with Crippen molar-refractivity contribution in [2.75, 3.05) is 0 Å². The molecule has 84 valence electrons. The van der Waals surface area contributed by atoms with E-state index < -0.39 is 5.54 Å². The molecule has 0 amide bonds. The van der Waals surface area contributed by atoms with Crippen LogP contribution >= 0.6 is 0 Å². The number of nitrogens with zero attached hydrogens (tertiary/aromatic N) is 4. The van der Waals surface area contributed by atoms with E-state index in [1.54, 1.807) is 7.05 Å². The normalized spacial score (nSPS) is 11.7. The summed E-state index contributed by atoms with van der Waals surface area (Å²) in [5.74, 6) is 0.403. The molecule has 0 aromatic carbocycles. The minimum Gasteiger partial charge on any atom is -0.319 e. The van der Waals surface area contributed by atoms with Crippen molar-refractivity contribution in [1.29, 1.82) is 0 Å². The molecule has 0 unspecified atom stereocenters. The standard InChI is InChI=1S/C9H17N5O/c1-4-9(10,5-2)7(15)6-8-11-13-14(3)12-8/h4-6,10H2,1-3H3. The van der Waals surface area contributed by atoms with Crippen LogP contribution in [0.5, 0.6) is 0 Å². The molecule has 0 spiro atoms. The summed E-state index contributed by atoms with van der Waals surface area (Å²) >= 11 is 0. The Kier molecular flexibility index (Phi) is 3.52. The molecule has 1 aromatic heterocycles. The van der Waals surface area contributed by atoms with E-state index in [0.717, 1.165) is 0 Å². The minimum atomic E-state index is -0.751. The van der Waals surface area contributed by atoms with Crippen molar-refractivity contribution >= 4 is 5.78 Å². The summed E-state index contributed by atoms with van der Waals surface area (Å²) in [4.78, 5) is 13.2. The average molecular weight is 211 g/mol. The maximum atomic E-state index is 11.9. The van der Waals surface area contributed by atoms with Crippen molar-refractivity contribution < 1.29 is 4.79 Å². The van der Waals surface area contributed by atoms with Crippen LogP contribution in [0.2, 0.25) is 0 Å². The van der Waals surface area contributed by atoms with Gasteiger partial charge in [-0.05, 0) is 18.1 Å². The molecule has 6 heteroatoms. The van der Waals surface area contributed by atoms with Crippen LogP contribution in [0.3, 0.4) is 0 Å². The van der Waals surface area contributed by atoms with E-state index in [1.165, 1.54) is 4.80 Å². The van der Waals surface area contributed by atoms with Gasteiger partial charge in [0.1, 0.15) is 0 Å². The highest BCUT2D eigenvalue weighted by atomic mass is 16.1. The average Bonchev–Trinajstić information content (AvgIpc) is 2.62. The van der Waals surface area contributed by atoms with Crippen molar-refractivity contribution in [3.8, 4) is 0 Å². The molecular formula is C9H17N5O. The number of nitrogens with two attached hydrogens (primary N) is 1. The molecule has 1 heterocycles. The highest BCUT2D eigenvalue weighted by Gasteiger charge is 2.30. The highest BCUT2D eigenvalue weighted by Crippen LogP contribution is 2.14. The van der Waals surface area contributed by atoms with Gasteiger partial charge in [0.25, 0.3) is 0 Å². The summed E-state index contributed by atoms with van der Waals surface area (Å²) in [6.07, 6.45) is 1.41. The lowest BCUT2D eigenvalue weighted by Crippen LogP contribution is -2.47. The Morgan fingerprint density at radius 2 is 2.07 bits per heavy atom. The summed E-state index contributed by atoms with van der Waals surface area (Å²) in [6.45, 7) is 3.82. The third-order valence-electron chi connectivity index (χ3n) is 2.69. The van der Waals surface area contributed by atoms with Crippen LogP contribution in [-0.2, 0) is 18.3 Å². The Hall–Kier alpha value is -1.30. The first-order valence-corrected chi connectivity index (χ1v) is 5.07. The molecule has 0 aliphatic rings. The molecule has 0 saturated carbocycles. The van der Waals surface area contributed by atoms with E-state index in [4.69, 9.17) is 5.73 Å². The zero-order chi connectivity index (χ0) is 11.5. The van der Waals surface area contributed by atoms with Gasteiger partial charge in [0.05, 0.1) is 19.0 Å². The van der Waals surface area contributed by atoms with Crippen molar-refractivity contribution in [2.24, 2.45) is 12.8 Å². The largest absolute Gasteiger partial charge is 0.319 e. The second kappa shape index (κ2) is 4.48. The number of carbonyl (C=O) groups is 1. The zero-order valence-electron chi connectivity index (χ0n) is 9.40. The number of rotatable bonds is 5. The van der Waals surface area contributed by atoms with Gasteiger partial charge in [-0.1, -0.05) is 13.8 Å². The van der Waals surface area contributed by atoms with E-state index in [0.29, 0.717) is 18.7 Å². The molecule has 0 fully saturated rings. The van der Waals surface area contributed by atoms with E-state index in [9.17, 15) is 4.79 Å². The smallest absolute Gasteiger partial charge is 0.182 e. The van der Waals surface area contributed by atoms with Crippen LogP contribution < -0.4 is 5.73 Å². The first kappa shape index (κ1) is 11.8. The van der Waals surface area contributed by atoms with Gasteiger partial charge in [0.2, 0.25) is 0 Å². The van der Waals surface area contributed by atoms with Gasteiger partial charge in [-0.25, -0.2) is 0 Å². The van der Waals surface area contributed by atoms with Gasteiger partial charge in [-0.2, -0.15) is 4.80 Å². The number of hydrogen-bond donors (Lipinski definition) is 1. The Morgan fingerprint density at radius 1 is 1.47 bits per heavy atom. The van der Waals surface area contributed by atoms with Crippen LogP contribution in [0.25, 0.3) is 0 Å². The first-order chi connectivity index (χ1) is 7.01. The number of tetrazole rings is 1. The number of Topliss-reactive ketones (excluding diaryl/α,β-unsaturated/α-hetero) is 1. The SMILES string of the molecule is CCC(N)(CC)C(=O)Cc1nnn(C)n1. The summed E-state index contributed by atoms with van der Waals surface area (Å²) in [6, 6.07) is 0. The molecule has 0 saturated heterocycles. The van der Waals surface area contributed by atoms with Gasteiger partial charge < -0.3 is 5.73 Å². The van der Waals surface area contributed by atoms with Crippen LogP contribution in [0, 0.1) is 0 Å². The van der Waals surface area contributed by atoms with E-state index in [-0.39, 0.29) is 12.2 Å². The zero-order valence-corrected chi connectivity index (χ0v) is 9.40. The molecule has 1 rings (SSSR count). The molecule has 0 radical (unpaired) electrons. The van der Waals surface area contributed by atoms with Gasteiger partial charge in [-0.3, -0.25) is 4.79 Å². The third-order valence-corrected chi connectivity index (χ3v) is 2.69. The number of hydrogen-bond acceptors (Lipinski definition) is 5. The second-order valence-electron chi connectivity index (χ2n) is 3.66. The fraction of sp³-hybridized carbons (Fsp3) is 0.778. The maximum Gasteiger partial charge on any atom is 0.182 e. The predicted octanol–water partition coefficient (Wildman–Crippen LogP) is -0.161. The molecule has 0 aliphatic heterocycles. The summed E-state index contributed by atoms with van der Waals surface area (Å²) in [5.41, 5.74) is 5.21. The monoisotopic (exact) mass is 211 g/mol. The van der Waals surface area contributed by atoms with Crippen LogP contribution in [0.1, 0.15) is 32.5 Å².